The number of aliphatic hydroxyl groups is 4. The van der Waals surface area contributed by atoms with Crippen molar-refractivity contribution in [1.82, 2.24) is 26.2 Å². The maximum absolute atomic E-state index is 12.5. The van der Waals surface area contributed by atoms with Gasteiger partial charge >= 0.3 is 5.97 Å². The first-order valence-electron chi connectivity index (χ1n) is 22.0. The second-order valence-electron chi connectivity index (χ2n) is 15.4. The molecule has 0 unspecified atom stereocenters. The summed E-state index contributed by atoms with van der Waals surface area (Å²) in [5.41, 5.74) is 0.627. The van der Waals surface area contributed by atoms with E-state index in [9.17, 15) is 59.1 Å². The van der Waals surface area contributed by atoms with Crippen molar-refractivity contribution in [1.29, 1.82) is 0 Å². The molecule has 6 amide bonds. The third-order valence-corrected chi connectivity index (χ3v) is 10.5. The van der Waals surface area contributed by atoms with Gasteiger partial charge < -0.3 is 75.2 Å². The van der Waals surface area contributed by atoms with E-state index in [0.717, 1.165) is 4.90 Å². The van der Waals surface area contributed by atoms with Gasteiger partial charge in [0.25, 0.3) is 17.6 Å². The SMILES string of the molecule is O=C(CCOCCOCCOCCOCCNC(=O)CCN1C(=O)C=CC1=O)NCCCCCCO[C@]1(C(=O)O)C[C@H](O)[C@@H](NC(=O)CO)[C@H]([C@H](O)[C@H](O)CNC(=O)Cc2ccc(Cl)cc2)O1. The van der Waals surface area contributed by atoms with Crippen LogP contribution >= 0.6 is 11.6 Å². The quantitative estimate of drug-likeness (QED) is 0.0255. The number of nitrogens with zero attached hydrogens (tertiary/aromatic N) is 1. The van der Waals surface area contributed by atoms with Gasteiger partial charge in [-0.1, -0.05) is 36.6 Å². The molecule has 0 aromatic heterocycles. The fourth-order valence-corrected chi connectivity index (χ4v) is 6.76. The number of benzene rings is 1. The fourth-order valence-electron chi connectivity index (χ4n) is 6.63. The Kier molecular flexibility index (Phi) is 26.6. The molecule has 0 aliphatic carbocycles. The van der Waals surface area contributed by atoms with Crippen LogP contribution in [0.2, 0.25) is 5.02 Å². The van der Waals surface area contributed by atoms with E-state index in [2.05, 4.69) is 21.3 Å². The summed E-state index contributed by atoms with van der Waals surface area (Å²) < 4.78 is 33.1. The molecule has 0 saturated carbocycles. The van der Waals surface area contributed by atoms with Crippen LogP contribution in [0.25, 0.3) is 0 Å². The molecule has 1 aromatic carbocycles. The van der Waals surface area contributed by atoms with Crippen molar-refractivity contribution in [3.05, 3.63) is 47.0 Å². The molecule has 0 bridgehead atoms. The van der Waals surface area contributed by atoms with E-state index in [1.54, 1.807) is 24.3 Å². The lowest BCUT2D eigenvalue weighted by atomic mass is 9.88. The molecule has 2 aliphatic rings. The van der Waals surface area contributed by atoms with Gasteiger partial charge in [-0.25, -0.2) is 4.79 Å². The molecule has 67 heavy (non-hydrogen) atoms. The summed E-state index contributed by atoms with van der Waals surface area (Å²) in [6.07, 6.45) is -3.17. The van der Waals surface area contributed by atoms with E-state index in [4.69, 9.17) is 40.0 Å². The Morgan fingerprint density at radius 1 is 0.746 bits per heavy atom. The topological polar surface area (TPSA) is 327 Å². The standard InChI is InChI=1S/C43H64ClN5O18/c44-30-7-5-29(6-8-30)25-35(55)47-27-32(52)40(59)41-39(48-36(56)28-50)31(51)26-43(67-41,42(60)61)66-16-4-2-1-3-13-45-34(54)12-17-62-19-21-64-23-24-65-22-20-63-18-14-46-33(53)11-15-49-37(57)9-10-38(49)58/h5-10,31-32,39-41,50-52,59H,1-4,11-28H2,(H,45,54)(H,46,53)(H,47,55)(H,48,56)(H,60,61)/t31-,32+,39+,40+,41+,43+/m0/s1. The van der Waals surface area contributed by atoms with Crippen LogP contribution in [0.1, 0.15) is 50.5 Å². The average Bonchev–Trinajstić information content (AvgIpc) is 3.63. The van der Waals surface area contributed by atoms with Crippen molar-refractivity contribution in [3.63, 3.8) is 0 Å². The minimum Gasteiger partial charge on any atom is -0.477 e. The Morgan fingerprint density at radius 2 is 1.33 bits per heavy atom. The van der Waals surface area contributed by atoms with Gasteiger partial charge in [0.1, 0.15) is 18.8 Å². The van der Waals surface area contributed by atoms with Crippen LogP contribution < -0.4 is 21.3 Å². The summed E-state index contributed by atoms with van der Waals surface area (Å²) in [4.78, 5) is 85.1. The molecule has 9 N–H and O–H groups in total. The van der Waals surface area contributed by atoms with E-state index in [1.165, 1.54) is 12.2 Å². The van der Waals surface area contributed by atoms with Crippen LogP contribution in [0, 0.1) is 0 Å². The van der Waals surface area contributed by atoms with Gasteiger partial charge in [-0.3, -0.25) is 33.7 Å². The van der Waals surface area contributed by atoms with Gasteiger partial charge in [-0.2, -0.15) is 0 Å². The van der Waals surface area contributed by atoms with Crippen LogP contribution in [0.4, 0.5) is 0 Å². The van der Waals surface area contributed by atoms with Crippen molar-refractivity contribution >= 4 is 53.0 Å². The summed E-state index contributed by atoms with van der Waals surface area (Å²) in [6, 6.07) is 5.01. The number of carboxylic acids is 1. The number of nitrogens with one attached hydrogen (secondary N) is 4. The molecular weight excluding hydrogens is 910 g/mol. The maximum atomic E-state index is 12.5. The van der Waals surface area contributed by atoms with Gasteiger partial charge in [-0.15, -0.1) is 0 Å². The summed E-state index contributed by atoms with van der Waals surface area (Å²) in [5, 5.41) is 63.0. The lowest BCUT2D eigenvalue weighted by molar-refractivity contribution is -0.310. The maximum Gasteiger partial charge on any atom is 0.364 e. The van der Waals surface area contributed by atoms with E-state index in [1.807, 2.05) is 0 Å². The number of carbonyl (C=O) groups is 7. The summed E-state index contributed by atoms with van der Waals surface area (Å²) in [7, 11) is 0. The number of unbranched alkanes of at least 4 members (excludes halogenated alkanes) is 3. The first-order chi connectivity index (χ1) is 32.1. The number of imide groups is 1. The Balaban J connectivity index is 1.20. The lowest BCUT2D eigenvalue weighted by Gasteiger charge is -2.46. The smallest absolute Gasteiger partial charge is 0.364 e. The monoisotopic (exact) mass is 973 g/mol. The van der Waals surface area contributed by atoms with Crippen LogP contribution in [-0.2, 0) is 68.4 Å². The second kappa shape index (κ2) is 31.4. The normalized spacial score (nSPS) is 20.1. The van der Waals surface area contributed by atoms with Crippen molar-refractivity contribution < 1.29 is 87.5 Å². The molecule has 2 aliphatic heterocycles. The summed E-state index contributed by atoms with van der Waals surface area (Å²) in [6.45, 7) is 1.45. The Bertz CT molecular complexity index is 1740. The Labute approximate surface area is 392 Å². The molecule has 2 heterocycles. The number of ether oxygens (including phenoxy) is 6. The largest absolute Gasteiger partial charge is 0.477 e. The zero-order valence-corrected chi connectivity index (χ0v) is 38.0. The minimum atomic E-state index is -2.48. The third kappa shape index (κ3) is 21.5. The van der Waals surface area contributed by atoms with Gasteiger partial charge in [0, 0.05) is 62.6 Å². The predicted octanol–water partition coefficient (Wildman–Crippen LogP) is -2.29. The highest BCUT2D eigenvalue weighted by molar-refractivity contribution is 6.30. The van der Waals surface area contributed by atoms with Crippen LogP contribution in [-0.4, -0.2) is 200 Å². The van der Waals surface area contributed by atoms with Crippen LogP contribution in [0.15, 0.2) is 36.4 Å². The molecule has 23 nitrogen and oxygen atoms in total. The molecule has 0 radical (unpaired) electrons. The molecular formula is C43H64ClN5O18. The number of aliphatic carboxylic acids is 1. The second-order valence-corrected chi connectivity index (χ2v) is 15.8. The molecule has 1 fully saturated rings. The zero-order valence-electron chi connectivity index (χ0n) is 37.3. The number of aliphatic hydroxyl groups excluding tert-OH is 4. The average molecular weight is 974 g/mol. The predicted molar refractivity (Wildman–Crippen MR) is 234 cm³/mol. The van der Waals surface area contributed by atoms with Gasteiger partial charge in [0.05, 0.1) is 84.1 Å². The fraction of sp³-hybridized carbons (Fsp3) is 0.651. The van der Waals surface area contributed by atoms with Crippen molar-refractivity contribution in [2.45, 2.75) is 87.6 Å². The number of halogens is 1. The molecule has 6 atom stereocenters. The summed E-state index contributed by atoms with van der Waals surface area (Å²) >= 11 is 5.88. The molecule has 376 valence electrons. The van der Waals surface area contributed by atoms with E-state index < -0.39 is 85.4 Å². The minimum absolute atomic E-state index is 0.00878. The van der Waals surface area contributed by atoms with Crippen LogP contribution in [0.5, 0.6) is 0 Å². The van der Waals surface area contributed by atoms with E-state index in [-0.39, 0.29) is 70.6 Å². The number of carbonyl (C=O) groups excluding carboxylic acids is 6. The number of amides is 6. The Hall–Kier alpha value is -4.66. The number of carboxylic acid groups (broad SMARTS) is 1. The lowest BCUT2D eigenvalue weighted by Crippen LogP contribution is -2.68. The molecule has 24 heteroatoms. The van der Waals surface area contributed by atoms with Crippen molar-refractivity contribution in [2.75, 3.05) is 92.2 Å². The summed E-state index contributed by atoms with van der Waals surface area (Å²) in [5.74, 6) is -6.93. The van der Waals surface area contributed by atoms with Gasteiger partial charge in [-0.05, 0) is 30.5 Å². The number of hydrogen-bond acceptors (Lipinski definition) is 17. The molecule has 1 aromatic rings. The highest BCUT2D eigenvalue weighted by Gasteiger charge is 2.55. The molecule has 1 saturated heterocycles. The number of hydrogen-bond donors (Lipinski definition) is 9. The Morgan fingerprint density at radius 3 is 1.96 bits per heavy atom. The van der Waals surface area contributed by atoms with Crippen molar-refractivity contribution in [2.24, 2.45) is 0 Å². The van der Waals surface area contributed by atoms with Crippen molar-refractivity contribution in [3.8, 4) is 0 Å². The first-order valence-corrected chi connectivity index (χ1v) is 22.4. The van der Waals surface area contributed by atoms with Gasteiger partial charge in [0.2, 0.25) is 23.6 Å². The highest BCUT2D eigenvalue weighted by Crippen LogP contribution is 2.34. The first kappa shape index (κ1) is 56.7. The van der Waals surface area contributed by atoms with Crippen LogP contribution in [0.3, 0.4) is 0 Å². The van der Waals surface area contributed by atoms with E-state index in [0.29, 0.717) is 75.8 Å². The number of rotatable bonds is 35. The highest BCUT2D eigenvalue weighted by atomic mass is 35.5. The zero-order chi connectivity index (χ0) is 49.0. The van der Waals surface area contributed by atoms with E-state index >= 15 is 0 Å². The van der Waals surface area contributed by atoms with Gasteiger partial charge in [0.15, 0.2) is 0 Å². The molecule has 0 spiro atoms. The third-order valence-electron chi connectivity index (χ3n) is 10.2. The molecule has 3 rings (SSSR count).